The molecule has 3 aliphatic rings. The number of piperidine rings is 3. The summed E-state index contributed by atoms with van der Waals surface area (Å²) in [4.78, 5) is 13.7. The molecule has 0 saturated carbocycles. The van der Waals surface area contributed by atoms with Crippen molar-refractivity contribution in [2.75, 3.05) is 20.3 Å². The number of hydrogen-bond acceptors (Lipinski definition) is 4. The van der Waals surface area contributed by atoms with Crippen molar-refractivity contribution in [1.82, 2.24) is 4.90 Å². The molecule has 3 aliphatic heterocycles. The molecule has 3 rings (SSSR count). The zero-order valence-electron chi connectivity index (χ0n) is 12.5. The fourth-order valence-electron chi connectivity index (χ4n) is 3.93. The minimum Gasteiger partial charge on any atom is -0.394 e. The van der Waals surface area contributed by atoms with Crippen LogP contribution in [0.3, 0.4) is 0 Å². The highest BCUT2D eigenvalue weighted by atomic mass is 19.4. The van der Waals surface area contributed by atoms with Gasteiger partial charge in [-0.05, 0) is 18.8 Å². The second-order valence-corrected chi connectivity index (χ2v) is 6.43. The first-order valence-electron chi connectivity index (χ1n) is 7.18. The van der Waals surface area contributed by atoms with Crippen molar-refractivity contribution in [3.05, 3.63) is 0 Å². The van der Waals surface area contributed by atoms with E-state index in [0.29, 0.717) is 6.42 Å². The van der Waals surface area contributed by atoms with Crippen molar-refractivity contribution in [2.24, 2.45) is 11.8 Å². The maximum Gasteiger partial charge on any atom is 0.404 e. The molecule has 5 unspecified atom stereocenters. The van der Waals surface area contributed by atoms with E-state index in [9.17, 15) is 23.1 Å². The number of nitrogens with zero attached hydrogens (tertiary/aromatic N) is 1. The van der Waals surface area contributed by atoms with Crippen LogP contribution in [0.4, 0.5) is 13.2 Å². The van der Waals surface area contributed by atoms with Crippen LogP contribution >= 0.6 is 0 Å². The third-order valence-electron chi connectivity index (χ3n) is 4.84. The van der Waals surface area contributed by atoms with Gasteiger partial charge in [-0.3, -0.25) is 9.69 Å². The summed E-state index contributed by atoms with van der Waals surface area (Å²) < 4.78 is 45.2. The van der Waals surface area contributed by atoms with E-state index in [0.717, 1.165) is 0 Å². The van der Waals surface area contributed by atoms with Gasteiger partial charge in [0.25, 0.3) is 0 Å². The van der Waals surface area contributed by atoms with Gasteiger partial charge >= 0.3 is 6.18 Å². The van der Waals surface area contributed by atoms with Gasteiger partial charge in [0.15, 0.2) is 5.78 Å². The number of aliphatic hydroxyl groups is 1. The molecule has 5 atom stereocenters. The summed E-state index contributed by atoms with van der Waals surface area (Å²) in [5.74, 6) is -1.01. The lowest BCUT2D eigenvalue weighted by atomic mass is 9.66. The summed E-state index contributed by atoms with van der Waals surface area (Å²) in [6.45, 7) is 2.83. The van der Waals surface area contributed by atoms with E-state index in [-0.39, 0.29) is 30.8 Å². The maximum atomic E-state index is 13.4. The molecule has 0 aromatic heterocycles. The zero-order valence-corrected chi connectivity index (χ0v) is 12.5. The van der Waals surface area contributed by atoms with Gasteiger partial charge in [0.1, 0.15) is 11.6 Å². The van der Waals surface area contributed by atoms with Gasteiger partial charge in [-0.25, -0.2) is 0 Å². The molecule has 3 fully saturated rings. The second-order valence-electron chi connectivity index (χ2n) is 6.43. The molecule has 0 amide bonds. The molecule has 0 aromatic rings. The number of alkyl halides is 3. The van der Waals surface area contributed by atoms with Gasteiger partial charge in [0.05, 0.1) is 13.2 Å². The summed E-state index contributed by atoms with van der Waals surface area (Å²) in [5, 5.41) is 9.74. The number of carbonyl (C=O) groups excluding carboxylic acids is 1. The van der Waals surface area contributed by atoms with E-state index in [1.54, 1.807) is 0 Å². The molecular formula is C14H22F3NO3. The fraction of sp³-hybridized carbons (Fsp3) is 0.929. The predicted molar refractivity (Wildman–Crippen MR) is 69.7 cm³/mol. The number of aliphatic hydroxyl groups excluding tert-OH is 1. The van der Waals surface area contributed by atoms with Crippen LogP contribution in [0.15, 0.2) is 0 Å². The zero-order chi connectivity index (χ0) is 16.0. The monoisotopic (exact) mass is 309 g/mol. The predicted octanol–water partition coefficient (Wildman–Crippen LogP) is 1.61. The first-order chi connectivity index (χ1) is 9.69. The largest absolute Gasteiger partial charge is 0.404 e. The van der Waals surface area contributed by atoms with Crippen LogP contribution in [0.1, 0.15) is 26.7 Å². The molecule has 0 radical (unpaired) electrons. The summed E-state index contributed by atoms with van der Waals surface area (Å²) in [5.41, 5.74) is -1.56. The minimum absolute atomic E-state index is 0.0338. The number of halogens is 3. The molecule has 1 N–H and O–H groups in total. The van der Waals surface area contributed by atoms with E-state index in [4.69, 9.17) is 4.74 Å². The van der Waals surface area contributed by atoms with Crippen LogP contribution < -0.4 is 0 Å². The lowest BCUT2D eigenvalue weighted by molar-refractivity contribution is -0.249. The van der Waals surface area contributed by atoms with Crippen LogP contribution in [0.5, 0.6) is 0 Å². The van der Waals surface area contributed by atoms with E-state index >= 15 is 0 Å². The number of ketones is 1. The Balaban J connectivity index is 2.51. The molecule has 0 spiro atoms. The van der Waals surface area contributed by atoms with Crippen molar-refractivity contribution in [2.45, 2.75) is 50.5 Å². The Hall–Kier alpha value is -0.660. The van der Waals surface area contributed by atoms with E-state index in [1.807, 2.05) is 13.8 Å². The van der Waals surface area contributed by atoms with Crippen molar-refractivity contribution >= 4 is 5.78 Å². The highest BCUT2D eigenvalue weighted by Crippen LogP contribution is 2.49. The number of hydrogen-bond donors (Lipinski definition) is 1. The molecule has 2 bridgehead atoms. The third-order valence-corrected chi connectivity index (χ3v) is 4.84. The van der Waals surface area contributed by atoms with Gasteiger partial charge in [-0.15, -0.1) is 0 Å². The normalized spacial score (nSPS) is 40.1. The van der Waals surface area contributed by atoms with Crippen LogP contribution in [0, 0.1) is 11.8 Å². The Morgan fingerprint density at radius 3 is 2.48 bits per heavy atom. The Morgan fingerprint density at radius 2 is 2.05 bits per heavy atom. The van der Waals surface area contributed by atoms with Crippen molar-refractivity contribution in [3.63, 3.8) is 0 Å². The minimum atomic E-state index is -4.42. The fourth-order valence-corrected chi connectivity index (χ4v) is 3.93. The lowest BCUT2D eigenvalue weighted by Gasteiger charge is -2.60. The van der Waals surface area contributed by atoms with Gasteiger partial charge in [0, 0.05) is 19.1 Å². The number of ether oxygens (including phenoxy) is 1. The molecule has 21 heavy (non-hydrogen) atoms. The molecule has 122 valence electrons. The molecule has 0 aliphatic carbocycles. The Labute approximate surface area is 122 Å². The van der Waals surface area contributed by atoms with Crippen molar-refractivity contribution in [1.29, 1.82) is 0 Å². The number of carbonyl (C=O) groups is 1. The summed E-state index contributed by atoms with van der Waals surface area (Å²) in [7, 11) is 1.33. The first kappa shape index (κ1) is 16.7. The van der Waals surface area contributed by atoms with Gasteiger partial charge < -0.3 is 9.84 Å². The van der Waals surface area contributed by atoms with Crippen LogP contribution in [-0.4, -0.2) is 59.9 Å². The lowest BCUT2D eigenvalue weighted by Crippen LogP contribution is -2.77. The van der Waals surface area contributed by atoms with Crippen molar-refractivity contribution in [3.8, 4) is 0 Å². The topological polar surface area (TPSA) is 49.8 Å². The third kappa shape index (κ3) is 2.49. The summed E-state index contributed by atoms with van der Waals surface area (Å²) >= 11 is 0. The Morgan fingerprint density at radius 1 is 1.43 bits per heavy atom. The Bertz CT molecular complexity index is 413. The molecule has 3 saturated heterocycles. The van der Waals surface area contributed by atoms with E-state index in [2.05, 4.69) is 0 Å². The summed E-state index contributed by atoms with van der Waals surface area (Å²) in [6, 6.07) is -2.07. The number of methoxy groups -OCH3 is 1. The van der Waals surface area contributed by atoms with Crippen molar-refractivity contribution < 1.29 is 27.8 Å². The molecular weight excluding hydrogens is 287 g/mol. The van der Waals surface area contributed by atoms with Gasteiger partial charge in [-0.1, -0.05) is 13.8 Å². The summed E-state index contributed by atoms with van der Waals surface area (Å²) in [6.07, 6.45) is -4.20. The van der Waals surface area contributed by atoms with Crippen LogP contribution in [0.2, 0.25) is 0 Å². The van der Waals surface area contributed by atoms with E-state index in [1.165, 1.54) is 12.0 Å². The first-order valence-corrected chi connectivity index (χ1v) is 7.18. The van der Waals surface area contributed by atoms with Gasteiger partial charge in [-0.2, -0.15) is 13.2 Å². The quantitative estimate of drug-likeness (QED) is 0.857. The average molecular weight is 309 g/mol. The molecule has 3 heterocycles. The highest BCUT2D eigenvalue weighted by Gasteiger charge is 2.65. The average Bonchev–Trinajstić information content (AvgIpc) is 2.41. The maximum absolute atomic E-state index is 13.4. The number of fused-ring (bicyclic) bond motifs is 3. The smallest absolute Gasteiger partial charge is 0.394 e. The Kier molecular flexibility index (Phi) is 4.39. The SMILES string of the molecule is COCC1(CO)C(=O)C2CC(C(C)C)N1C(C(F)(F)F)C2. The highest BCUT2D eigenvalue weighted by molar-refractivity contribution is 5.93. The van der Waals surface area contributed by atoms with Crippen LogP contribution in [0.25, 0.3) is 0 Å². The number of Topliss-reactive ketones (excluding diaryl/α,β-unsaturated/α-hetero) is 1. The van der Waals surface area contributed by atoms with Crippen LogP contribution in [-0.2, 0) is 9.53 Å². The number of rotatable bonds is 4. The second kappa shape index (κ2) is 5.52. The molecule has 4 nitrogen and oxygen atoms in total. The standard InChI is InChI=1S/C14H22F3NO3/c1-8(2)10-4-9-5-11(14(15,16)17)18(10)13(6-19,7-21-3)12(9)20/h8-11,19H,4-7H2,1-3H3. The van der Waals surface area contributed by atoms with Gasteiger partial charge in [0.2, 0.25) is 0 Å². The molecule has 0 aromatic carbocycles. The van der Waals surface area contributed by atoms with E-state index < -0.39 is 30.3 Å². The molecule has 7 heteroatoms.